The maximum absolute atomic E-state index is 5.89. The molecule has 1 rings (SSSR count). The van der Waals surface area contributed by atoms with E-state index in [1.165, 1.54) is 12.8 Å². The lowest BCUT2D eigenvalue weighted by Gasteiger charge is -2.36. The lowest BCUT2D eigenvalue weighted by atomic mass is 9.77. The molecule has 0 bridgehead atoms. The van der Waals surface area contributed by atoms with Crippen molar-refractivity contribution >= 4 is 0 Å². The second-order valence-electron chi connectivity index (χ2n) is 3.69. The second kappa shape index (κ2) is 2.89. The van der Waals surface area contributed by atoms with Gasteiger partial charge in [-0.1, -0.05) is 13.8 Å². The molecule has 0 amide bonds. The molecule has 0 aromatic carbocycles. The van der Waals surface area contributed by atoms with Crippen molar-refractivity contribution in [2.75, 3.05) is 0 Å². The largest absolute Gasteiger partial charge is 0.326 e. The average Bonchev–Trinajstić information content (AvgIpc) is 1.93. The molecule has 0 aromatic heterocycles. The molecule has 60 valence electrons. The standard InChI is InChI=1S/C8H18N2/c1-5-3-4-6(2)8(10)7(5)9/h5-8H,3-4,9-10H2,1-2H3/t5-,6-,7+,8+/m0/s1. The van der Waals surface area contributed by atoms with Crippen molar-refractivity contribution in [2.45, 2.75) is 38.8 Å². The lowest BCUT2D eigenvalue weighted by molar-refractivity contribution is 0.227. The Bertz CT molecular complexity index is 99.8. The van der Waals surface area contributed by atoms with Crippen LogP contribution in [0.2, 0.25) is 0 Å². The molecule has 1 aliphatic carbocycles. The van der Waals surface area contributed by atoms with Crippen LogP contribution in [-0.4, -0.2) is 12.1 Å². The minimum Gasteiger partial charge on any atom is -0.326 e. The molecule has 4 atom stereocenters. The van der Waals surface area contributed by atoms with Crippen LogP contribution in [0.4, 0.5) is 0 Å². The van der Waals surface area contributed by atoms with Crippen LogP contribution < -0.4 is 11.5 Å². The Kier molecular flexibility index (Phi) is 2.32. The summed E-state index contributed by atoms with van der Waals surface area (Å²) in [6.45, 7) is 4.38. The highest BCUT2D eigenvalue weighted by Gasteiger charge is 2.29. The summed E-state index contributed by atoms with van der Waals surface area (Å²) in [6, 6.07) is 0.451. The minimum absolute atomic E-state index is 0.226. The predicted molar refractivity (Wildman–Crippen MR) is 43.5 cm³/mol. The van der Waals surface area contributed by atoms with E-state index in [2.05, 4.69) is 13.8 Å². The molecule has 0 aromatic rings. The van der Waals surface area contributed by atoms with Gasteiger partial charge in [0.25, 0.3) is 0 Å². The Balaban J connectivity index is 2.52. The summed E-state index contributed by atoms with van der Waals surface area (Å²) in [5, 5.41) is 0. The molecular weight excluding hydrogens is 124 g/mol. The predicted octanol–water partition coefficient (Wildman–Crippen LogP) is 0.707. The first-order valence-electron chi connectivity index (χ1n) is 4.14. The zero-order valence-electron chi connectivity index (χ0n) is 6.88. The number of hydrogen-bond acceptors (Lipinski definition) is 2. The summed E-state index contributed by atoms with van der Waals surface area (Å²) < 4.78 is 0. The molecule has 0 spiro atoms. The van der Waals surface area contributed by atoms with Gasteiger partial charge in [-0.05, 0) is 24.7 Å². The van der Waals surface area contributed by atoms with E-state index in [9.17, 15) is 0 Å². The molecular formula is C8H18N2. The molecule has 0 unspecified atom stereocenters. The highest BCUT2D eigenvalue weighted by Crippen LogP contribution is 2.26. The zero-order valence-corrected chi connectivity index (χ0v) is 6.88. The van der Waals surface area contributed by atoms with Crippen LogP contribution in [0.3, 0.4) is 0 Å². The van der Waals surface area contributed by atoms with Gasteiger partial charge < -0.3 is 11.5 Å². The number of rotatable bonds is 0. The van der Waals surface area contributed by atoms with Crippen molar-refractivity contribution in [3.05, 3.63) is 0 Å². The van der Waals surface area contributed by atoms with Crippen molar-refractivity contribution < 1.29 is 0 Å². The van der Waals surface area contributed by atoms with E-state index in [1.54, 1.807) is 0 Å². The Morgan fingerprint density at radius 3 is 1.50 bits per heavy atom. The van der Waals surface area contributed by atoms with Crippen molar-refractivity contribution in [1.29, 1.82) is 0 Å². The molecule has 1 fully saturated rings. The van der Waals surface area contributed by atoms with Crippen LogP contribution in [0.25, 0.3) is 0 Å². The van der Waals surface area contributed by atoms with Crippen LogP contribution in [0.15, 0.2) is 0 Å². The number of hydrogen-bond donors (Lipinski definition) is 2. The average molecular weight is 142 g/mol. The summed E-state index contributed by atoms with van der Waals surface area (Å²) in [6.07, 6.45) is 2.49. The van der Waals surface area contributed by atoms with E-state index in [-0.39, 0.29) is 12.1 Å². The van der Waals surface area contributed by atoms with Crippen molar-refractivity contribution in [3.63, 3.8) is 0 Å². The van der Waals surface area contributed by atoms with Gasteiger partial charge in [-0.25, -0.2) is 0 Å². The fraction of sp³-hybridized carbons (Fsp3) is 1.00. The van der Waals surface area contributed by atoms with Gasteiger partial charge >= 0.3 is 0 Å². The van der Waals surface area contributed by atoms with E-state index >= 15 is 0 Å². The summed E-state index contributed by atoms with van der Waals surface area (Å²) in [7, 11) is 0. The molecule has 10 heavy (non-hydrogen) atoms. The molecule has 0 radical (unpaired) electrons. The first-order valence-corrected chi connectivity index (χ1v) is 4.14. The Morgan fingerprint density at radius 1 is 0.900 bits per heavy atom. The maximum atomic E-state index is 5.89. The summed E-state index contributed by atoms with van der Waals surface area (Å²) in [5.41, 5.74) is 11.8. The van der Waals surface area contributed by atoms with E-state index in [0.717, 1.165) is 0 Å². The molecule has 2 heteroatoms. The molecule has 1 aliphatic rings. The van der Waals surface area contributed by atoms with Gasteiger partial charge in [0.05, 0.1) is 0 Å². The zero-order chi connectivity index (χ0) is 7.72. The van der Waals surface area contributed by atoms with Gasteiger partial charge in [0.15, 0.2) is 0 Å². The second-order valence-corrected chi connectivity index (χ2v) is 3.69. The summed E-state index contributed by atoms with van der Waals surface area (Å²) >= 11 is 0. The molecule has 1 saturated carbocycles. The first kappa shape index (κ1) is 8.02. The van der Waals surface area contributed by atoms with E-state index in [4.69, 9.17) is 11.5 Å². The summed E-state index contributed by atoms with van der Waals surface area (Å²) in [5.74, 6) is 1.23. The maximum Gasteiger partial charge on any atom is 0.0220 e. The molecule has 4 N–H and O–H groups in total. The molecule has 0 heterocycles. The third-order valence-corrected chi connectivity index (χ3v) is 2.84. The number of nitrogens with two attached hydrogens (primary N) is 2. The summed E-state index contributed by atoms with van der Waals surface area (Å²) in [4.78, 5) is 0. The van der Waals surface area contributed by atoms with Crippen molar-refractivity contribution in [3.8, 4) is 0 Å². The smallest absolute Gasteiger partial charge is 0.0220 e. The van der Waals surface area contributed by atoms with Crippen LogP contribution in [0, 0.1) is 11.8 Å². The lowest BCUT2D eigenvalue weighted by Crippen LogP contribution is -2.52. The van der Waals surface area contributed by atoms with Gasteiger partial charge in [0, 0.05) is 12.1 Å². The monoisotopic (exact) mass is 142 g/mol. The fourth-order valence-corrected chi connectivity index (χ4v) is 1.67. The van der Waals surface area contributed by atoms with Crippen LogP contribution in [0.5, 0.6) is 0 Å². The fourth-order valence-electron chi connectivity index (χ4n) is 1.67. The Morgan fingerprint density at radius 2 is 1.20 bits per heavy atom. The normalized spacial score (nSPS) is 49.2. The highest BCUT2D eigenvalue weighted by atomic mass is 14.8. The third-order valence-electron chi connectivity index (χ3n) is 2.84. The molecule has 0 saturated heterocycles. The first-order chi connectivity index (χ1) is 4.63. The van der Waals surface area contributed by atoms with E-state index in [1.807, 2.05) is 0 Å². The van der Waals surface area contributed by atoms with Gasteiger partial charge in [0.2, 0.25) is 0 Å². The van der Waals surface area contributed by atoms with Crippen molar-refractivity contribution in [2.24, 2.45) is 23.3 Å². The van der Waals surface area contributed by atoms with Gasteiger partial charge in [0.1, 0.15) is 0 Å². The van der Waals surface area contributed by atoms with Crippen LogP contribution in [0.1, 0.15) is 26.7 Å². The Labute approximate surface area is 63.0 Å². The van der Waals surface area contributed by atoms with Crippen LogP contribution in [-0.2, 0) is 0 Å². The minimum atomic E-state index is 0.226. The molecule has 0 aliphatic heterocycles. The molecule has 2 nitrogen and oxygen atoms in total. The van der Waals surface area contributed by atoms with Gasteiger partial charge in [-0.3, -0.25) is 0 Å². The quantitative estimate of drug-likeness (QED) is 0.523. The van der Waals surface area contributed by atoms with Gasteiger partial charge in [-0.15, -0.1) is 0 Å². The third kappa shape index (κ3) is 1.32. The Hall–Kier alpha value is -0.0800. The topological polar surface area (TPSA) is 52.0 Å². The van der Waals surface area contributed by atoms with Crippen molar-refractivity contribution in [1.82, 2.24) is 0 Å². The van der Waals surface area contributed by atoms with Crippen LogP contribution >= 0.6 is 0 Å². The SMILES string of the molecule is C[C@H]1CC[C@H](C)[C@@H](N)[C@@H]1N. The van der Waals surface area contributed by atoms with E-state index < -0.39 is 0 Å². The van der Waals surface area contributed by atoms with Gasteiger partial charge in [-0.2, -0.15) is 0 Å². The van der Waals surface area contributed by atoms with E-state index in [0.29, 0.717) is 11.8 Å². The highest BCUT2D eigenvalue weighted by molar-refractivity contribution is 4.89.